The summed E-state index contributed by atoms with van der Waals surface area (Å²) in [5.41, 5.74) is 0. The van der Waals surface area contributed by atoms with Gasteiger partial charge in [0.1, 0.15) is 0 Å². The van der Waals surface area contributed by atoms with E-state index in [0.717, 1.165) is 11.8 Å². The first-order valence-corrected chi connectivity index (χ1v) is 6.99. The number of carbonyl (C=O) groups excluding carboxylic acids is 1. The molecule has 0 heterocycles. The second kappa shape index (κ2) is 5.29. The highest BCUT2D eigenvalue weighted by Crippen LogP contribution is 2.49. The van der Waals surface area contributed by atoms with Gasteiger partial charge >= 0.3 is 5.97 Å². The van der Waals surface area contributed by atoms with Gasteiger partial charge in [-0.05, 0) is 50.9 Å². The summed E-state index contributed by atoms with van der Waals surface area (Å²) in [6.45, 7) is 3.39. The zero-order chi connectivity index (χ0) is 13.3. The van der Waals surface area contributed by atoms with Crippen LogP contribution in [0.3, 0.4) is 0 Å². The molecule has 0 spiro atoms. The number of aliphatic carboxylic acids is 1. The van der Waals surface area contributed by atoms with Crippen molar-refractivity contribution < 1.29 is 14.7 Å². The summed E-state index contributed by atoms with van der Waals surface area (Å²) in [4.78, 5) is 22.7. The Labute approximate surface area is 108 Å². The fourth-order valence-electron chi connectivity index (χ4n) is 3.52. The molecule has 0 saturated heterocycles. The predicted molar refractivity (Wildman–Crippen MR) is 68.0 cm³/mol. The lowest BCUT2D eigenvalue weighted by molar-refractivity contribution is -0.142. The molecule has 2 aliphatic carbocycles. The average molecular weight is 253 g/mol. The summed E-state index contributed by atoms with van der Waals surface area (Å²) in [5, 5.41) is 11.7. The van der Waals surface area contributed by atoms with Gasteiger partial charge in [-0.15, -0.1) is 0 Å². The molecule has 0 aromatic carbocycles. The van der Waals surface area contributed by atoms with E-state index in [9.17, 15) is 9.59 Å². The van der Waals surface area contributed by atoms with E-state index in [1.807, 2.05) is 0 Å². The second-order valence-electron chi connectivity index (χ2n) is 6.12. The van der Waals surface area contributed by atoms with Gasteiger partial charge in [0.15, 0.2) is 0 Å². The van der Waals surface area contributed by atoms with E-state index in [1.165, 1.54) is 25.7 Å². The third-order valence-electron chi connectivity index (χ3n) is 4.86. The fourth-order valence-corrected chi connectivity index (χ4v) is 3.52. The number of carbonyl (C=O) groups is 2. The Morgan fingerprint density at radius 2 is 2.00 bits per heavy atom. The summed E-state index contributed by atoms with van der Waals surface area (Å²) >= 11 is 0. The number of fused-ring (bicyclic) bond motifs is 2. The molecule has 2 fully saturated rings. The van der Waals surface area contributed by atoms with Crippen LogP contribution < -0.4 is 5.32 Å². The molecule has 1 amide bonds. The molecular formula is C14H23NO3. The van der Waals surface area contributed by atoms with Crippen LogP contribution in [0.5, 0.6) is 0 Å². The Kier molecular flexibility index (Phi) is 3.93. The molecule has 4 heteroatoms. The molecule has 2 bridgehead atoms. The van der Waals surface area contributed by atoms with Crippen LogP contribution in [-0.4, -0.2) is 23.0 Å². The van der Waals surface area contributed by atoms with Gasteiger partial charge < -0.3 is 10.4 Å². The normalized spacial score (nSPS) is 33.1. The number of amides is 1. The molecule has 5 atom stereocenters. The maximum Gasteiger partial charge on any atom is 0.308 e. The molecular weight excluding hydrogens is 230 g/mol. The van der Waals surface area contributed by atoms with E-state index in [2.05, 4.69) is 5.32 Å². The van der Waals surface area contributed by atoms with E-state index in [4.69, 9.17) is 5.11 Å². The zero-order valence-corrected chi connectivity index (χ0v) is 11.2. The summed E-state index contributed by atoms with van der Waals surface area (Å²) in [5.74, 6) is 0.761. The van der Waals surface area contributed by atoms with Crippen molar-refractivity contribution in [3.05, 3.63) is 0 Å². The topological polar surface area (TPSA) is 66.4 Å². The number of hydrogen-bond donors (Lipinski definition) is 2. The molecule has 0 radical (unpaired) electrons. The molecule has 2 N–H and O–H groups in total. The van der Waals surface area contributed by atoms with Crippen molar-refractivity contribution in [3.8, 4) is 0 Å². The zero-order valence-electron chi connectivity index (χ0n) is 11.2. The first-order valence-electron chi connectivity index (χ1n) is 6.99. The van der Waals surface area contributed by atoms with Gasteiger partial charge in [-0.25, -0.2) is 0 Å². The molecule has 0 aromatic heterocycles. The van der Waals surface area contributed by atoms with Crippen LogP contribution in [0.2, 0.25) is 0 Å². The first-order chi connectivity index (χ1) is 8.47. The third-order valence-corrected chi connectivity index (χ3v) is 4.86. The summed E-state index contributed by atoms with van der Waals surface area (Å²) in [6, 6.07) is -0.298. The smallest absolute Gasteiger partial charge is 0.308 e. The lowest BCUT2D eigenvalue weighted by atomic mass is 9.86. The lowest BCUT2D eigenvalue weighted by Gasteiger charge is -2.23. The Balaban J connectivity index is 1.77. The second-order valence-corrected chi connectivity index (χ2v) is 6.12. The van der Waals surface area contributed by atoms with Crippen LogP contribution in [0.4, 0.5) is 0 Å². The maximum absolute atomic E-state index is 11.9. The first kappa shape index (κ1) is 13.4. The minimum absolute atomic E-state index is 0.0214. The molecule has 0 aliphatic heterocycles. The van der Waals surface area contributed by atoms with Crippen molar-refractivity contribution in [3.63, 3.8) is 0 Å². The monoisotopic (exact) mass is 253 g/mol. The fraction of sp³-hybridized carbons (Fsp3) is 0.857. The molecule has 2 aliphatic rings. The quantitative estimate of drug-likeness (QED) is 0.788. The number of carboxylic acids is 1. The number of hydrogen-bond acceptors (Lipinski definition) is 2. The van der Waals surface area contributed by atoms with E-state index in [-0.39, 0.29) is 11.9 Å². The van der Waals surface area contributed by atoms with Crippen molar-refractivity contribution in [1.82, 2.24) is 5.32 Å². The predicted octanol–water partition coefficient (Wildman–Crippen LogP) is 2.04. The summed E-state index contributed by atoms with van der Waals surface area (Å²) < 4.78 is 0. The van der Waals surface area contributed by atoms with Gasteiger partial charge in [-0.2, -0.15) is 0 Å². The molecule has 4 nitrogen and oxygen atoms in total. The maximum atomic E-state index is 11.9. The highest BCUT2D eigenvalue weighted by Gasteiger charge is 2.40. The Hall–Kier alpha value is -1.06. The molecule has 2 rings (SSSR count). The van der Waals surface area contributed by atoms with Gasteiger partial charge in [-0.3, -0.25) is 9.59 Å². The van der Waals surface area contributed by atoms with E-state index >= 15 is 0 Å². The summed E-state index contributed by atoms with van der Waals surface area (Å²) in [6.07, 6.45) is 5.71. The van der Waals surface area contributed by atoms with E-state index < -0.39 is 11.9 Å². The van der Waals surface area contributed by atoms with Gasteiger partial charge in [0.05, 0.1) is 5.92 Å². The van der Waals surface area contributed by atoms with E-state index in [1.54, 1.807) is 13.8 Å². The molecule has 2 saturated carbocycles. The lowest BCUT2D eigenvalue weighted by Crippen LogP contribution is -2.40. The van der Waals surface area contributed by atoms with Crippen LogP contribution in [0, 0.1) is 23.7 Å². The molecule has 0 aromatic rings. The van der Waals surface area contributed by atoms with Crippen molar-refractivity contribution >= 4 is 11.9 Å². The Morgan fingerprint density at radius 1 is 1.28 bits per heavy atom. The minimum Gasteiger partial charge on any atom is -0.481 e. The standard InChI is InChI=1S/C14H23NO3/c1-8(14(17)18)9(2)15-13(16)7-12-6-10-3-4-11(12)5-10/h8-12H,3-7H2,1-2H3,(H,15,16)(H,17,18). The van der Waals surface area contributed by atoms with Crippen LogP contribution in [-0.2, 0) is 9.59 Å². The average Bonchev–Trinajstić information content (AvgIpc) is 2.89. The van der Waals surface area contributed by atoms with Crippen molar-refractivity contribution in [1.29, 1.82) is 0 Å². The highest BCUT2D eigenvalue weighted by molar-refractivity contribution is 5.78. The van der Waals surface area contributed by atoms with Crippen LogP contribution >= 0.6 is 0 Å². The van der Waals surface area contributed by atoms with Crippen LogP contribution in [0.15, 0.2) is 0 Å². The SMILES string of the molecule is CC(NC(=O)CC1CC2CCC1C2)C(C)C(=O)O. The van der Waals surface area contributed by atoms with Crippen molar-refractivity contribution in [2.75, 3.05) is 0 Å². The third kappa shape index (κ3) is 2.85. The molecule has 18 heavy (non-hydrogen) atoms. The number of nitrogens with one attached hydrogen (secondary N) is 1. The largest absolute Gasteiger partial charge is 0.481 e. The Bertz CT molecular complexity index is 342. The van der Waals surface area contributed by atoms with Crippen LogP contribution in [0.25, 0.3) is 0 Å². The Morgan fingerprint density at radius 3 is 2.50 bits per heavy atom. The molecule has 5 unspecified atom stereocenters. The number of carboxylic acid groups (broad SMARTS) is 1. The van der Waals surface area contributed by atoms with Crippen molar-refractivity contribution in [2.45, 2.75) is 52.0 Å². The van der Waals surface area contributed by atoms with E-state index in [0.29, 0.717) is 12.3 Å². The van der Waals surface area contributed by atoms with Gasteiger partial charge in [0.25, 0.3) is 0 Å². The summed E-state index contributed by atoms with van der Waals surface area (Å²) in [7, 11) is 0. The van der Waals surface area contributed by atoms with Gasteiger partial charge in [-0.1, -0.05) is 6.42 Å². The van der Waals surface area contributed by atoms with Gasteiger partial charge in [0, 0.05) is 12.5 Å². The van der Waals surface area contributed by atoms with Crippen LogP contribution in [0.1, 0.15) is 46.0 Å². The molecule has 102 valence electrons. The van der Waals surface area contributed by atoms with Crippen molar-refractivity contribution in [2.24, 2.45) is 23.7 Å². The number of rotatable bonds is 5. The highest BCUT2D eigenvalue weighted by atomic mass is 16.4. The minimum atomic E-state index is -0.859. The van der Waals surface area contributed by atoms with Gasteiger partial charge in [0.2, 0.25) is 5.91 Å².